The van der Waals surface area contributed by atoms with Crippen molar-refractivity contribution in [3.05, 3.63) is 205 Å². The van der Waals surface area contributed by atoms with Crippen LogP contribution in [0.4, 0.5) is 45.5 Å². The molecule has 0 N–H and O–H groups in total. The van der Waals surface area contributed by atoms with Crippen molar-refractivity contribution in [2.24, 2.45) is 0 Å². The van der Waals surface area contributed by atoms with Crippen molar-refractivity contribution in [1.82, 2.24) is 0 Å². The van der Waals surface area contributed by atoms with Crippen LogP contribution in [-0.4, -0.2) is 8.29 Å². The fourth-order valence-electron chi connectivity index (χ4n) is 11.8. The normalized spacial score (nSPS) is 14.5. The maximum absolute atomic E-state index is 6.78. The van der Waals surface area contributed by atoms with E-state index in [2.05, 4.69) is 215 Å². The maximum atomic E-state index is 6.78. The molecule has 5 aliphatic rings. The van der Waals surface area contributed by atoms with Crippen molar-refractivity contribution in [2.45, 2.75) is 13.8 Å². The number of para-hydroxylation sites is 4. The van der Waals surface area contributed by atoms with Crippen LogP contribution >= 0.6 is 0 Å². The Morgan fingerprint density at radius 2 is 0.708 bits per heavy atom. The standard InChI is InChI=1S/C64H36N4O3.Pt/c1-37-25-47-39-17-21-59-51(29-39)53-31-41(19-23-61(53)70-59)49-27-38(2)28-50-42-20-24-62-54(32-42)52-30-40(18-22-60(52)71-62)48(26-37)63(47)67-35-65(55-13-3-5-15-57(55)67)43-9-7-11-45(33-43)69-46-12-8-10-44(34-46)66-36-68(64(49)50)58-16-6-4-14-56(58)66;/h3-32H,1-2H3;/q-2;. The van der Waals surface area contributed by atoms with E-state index in [1.165, 1.54) is 0 Å². The zero-order chi connectivity index (χ0) is 47.1. The Hall–Kier alpha value is -8.77. The molecule has 72 heavy (non-hydrogen) atoms. The van der Waals surface area contributed by atoms with Crippen molar-refractivity contribution in [1.29, 1.82) is 0 Å². The first-order valence-electron chi connectivity index (χ1n) is 24.1. The molecular formula is C64H36N4O3Pt-2. The number of hydrogen-bond donors (Lipinski definition) is 0. The van der Waals surface area contributed by atoms with Gasteiger partial charge in [0.1, 0.15) is 0 Å². The number of hydrogen-bond acceptors (Lipinski definition) is 7. The number of aryl methyl sites for hydroxylation is 2. The summed E-state index contributed by atoms with van der Waals surface area (Å²) in [6, 6.07) is 74.3. The number of fused-ring (bicyclic) bond motifs is 18. The molecule has 0 saturated heterocycles. The second kappa shape index (κ2) is 14.0. The molecule has 7 nitrogen and oxygen atoms in total. The van der Waals surface area contributed by atoms with Crippen molar-refractivity contribution >= 4 is 97.7 Å². The summed E-state index contributed by atoms with van der Waals surface area (Å²) < 4.78 is 22.5. The summed E-state index contributed by atoms with van der Waals surface area (Å²) in [5.41, 5.74) is 22.9. The predicted molar refractivity (Wildman–Crippen MR) is 288 cm³/mol. The van der Waals surface area contributed by atoms with Gasteiger partial charge in [-0.2, -0.15) is 0 Å². The molecule has 0 amide bonds. The van der Waals surface area contributed by atoms with E-state index in [1.807, 2.05) is 12.1 Å². The molecule has 0 fully saturated rings. The van der Waals surface area contributed by atoms with E-state index in [9.17, 15) is 0 Å². The number of benzene rings is 10. The first kappa shape index (κ1) is 39.0. The molecule has 0 saturated carbocycles. The van der Waals surface area contributed by atoms with Crippen LogP contribution in [-0.2, 0) is 17.6 Å². The Kier molecular flexibility index (Phi) is 7.57. The van der Waals surface area contributed by atoms with E-state index in [4.69, 9.17) is 13.6 Å². The van der Waals surface area contributed by atoms with Gasteiger partial charge in [0.2, 0.25) is 0 Å². The van der Waals surface area contributed by atoms with Crippen LogP contribution in [0.1, 0.15) is 11.1 Å². The molecule has 0 radical (unpaired) electrons. The van der Waals surface area contributed by atoms with Gasteiger partial charge in [-0.05, 0) is 0 Å². The number of ether oxygens (including phenoxy) is 1. The topological polar surface area (TPSA) is 48.5 Å². The molecule has 16 bridgehead atoms. The minimum absolute atomic E-state index is 0.619. The molecule has 5 aliphatic heterocycles. The van der Waals surface area contributed by atoms with Gasteiger partial charge >= 0.3 is 424 Å². The summed E-state index contributed by atoms with van der Waals surface area (Å²) in [7, 11) is 0. The molecule has 10 aromatic carbocycles. The van der Waals surface area contributed by atoms with Gasteiger partial charge in [-0.15, -0.1) is 0 Å². The molecule has 12 aromatic rings. The van der Waals surface area contributed by atoms with E-state index >= 15 is 0 Å². The van der Waals surface area contributed by atoms with Gasteiger partial charge in [0.05, 0.1) is 0 Å². The van der Waals surface area contributed by atoms with Crippen molar-refractivity contribution < 1.29 is 31.2 Å². The van der Waals surface area contributed by atoms with Crippen LogP contribution in [0.25, 0.3) is 88.4 Å². The number of rotatable bonds is 0. The Balaban J connectivity index is 1.17. The minimum atomic E-state index is -1.25. The van der Waals surface area contributed by atoms with Crippen LogP contribution < -0.4 is 24.3 Å². The van der Waals surface area contributed by atoms with Crippen LogP contribution in [0.5, 0.6) is 11.5 Å². The molecule has 17 rings (SSSR count). The van der Waals surface area contributed by atoms with Gasteiger partial charge in [0.25, 0.3) is 0 Å². The predicted octanol–water partition coefficient (Wildman–Crippen LogP) is 16.6. The number of nitrogens with zero attached hydrogens (tertiary/aromatic N) is 4. The van der Waals surface area contributed by atoms with E-state index in [0.717, 1.165) is 153 Å². The second-order valence-corrected chi connectivity index (χ2v) is 21.8. The monoisotopic (exact) mass is 1100 g/mol. The van der Waals surface area contributed by atoms with Crippen molar-refractivity contribution in [3.63, 3.8) is 0 Å². The van der Waals surface area contributed by atoms with Crippen LogP contribution in [0, 0.1) is 26.0 Å². The van der Waals surface area contributed by atoms with E-state index in [-0.39, 0.29) is 0 Å². The van der Waals surface area contributed by atoms with E-state index in [1.54, 1.807) is 0 Å². The van der Waals surface area contributed by atoms with Crippen molar-refractivity contribution in [2.75, 3.05) is 19.6 Å². The zero-order valence-electron chi connectivity index (χ0n) is 38.7. The van der Waals surface area contributed by atoms with Gasteiger partial charge in [0, 0.05) is 0 Å². The first-order chi connectivity index (χ1) is 35.5. The molecule has 0 atom stereocenters. The molecule has 0 spiro atoms. The van der Waals surface area contributed by atoms with Gasteiger partial charge in [-0.1, -0.05) is 0 Å². The van der Waals surface area contributed by atoms with E-state index < -0.39 is 17.6 Å². The quantitative estimate of drug-likeness (QED) is 0.140. The molecule has 0 unspecified atom stereocenters. The average molecular weight is 1100 g/mol. The van der Waals surface area contributed by atoms with Gasteiger partial charge < -0.3 is 0 Å². The molecule has 2 aromatic heterocycles. The third-order valence-corrected chi connectivity index (χ3v) is 17.9. The molecule has 0 aliphatic carbocycles. The Bertz CT molecular complexity index is 4110. The van der Waals surface area contributed by atoms with Gasteiger partial charge in [0.15, 0.2) is 0 Å². The number of anilines is 8. The summed E-state index contributed by atoms with van der Waals surface area (Å²) >= 11 is -1.25. The zero-order valence-corrected chi connectivity index (χ0v) is 40.9. The van der Waals surface area contributed by atoms with Crippen LogP contribution in [0.15, 0.2) is 191 Å². The Morgan fingerprint density at radius 1 is 0.361 bits per heavy atom. The first-order valence-corrected chi connectivity index (χ1v) is 26.4. The molecule has 8 heteroatoms. The second-order valence-electron chi connectivity index (χ2n) is 19.2. The molecule has 7 heterocycles. The van der Waals surface area contributed by atoms with Crippen LogP contribution in [0.3, 0.4) is 0 Å². The molecular weight excluding hydrogens is 1070 g/mol. The number of furan rings is 2. The summed E-state index contributed by atoms with van der Waals surface area (Å²) in [5.74, 6) is 1.24. The summed E-state index contributed by atoms with van der Waals surface area (Å²) in [4.78, 5) is 10.1. The van der Waals surface area contributed by atoms with Crippen LogP contribution in [0.2, 0.25) is 0 Å². The summed E-state index contributed by atoms with van der Waals surface area (Å²) in [6.45, 7) is 4.45. The van der Waals surface area contributed by atoms with Crippen molar-refractivity contribution in [3.8, 4) is 56.0 Å². The fraction of sp³-hybridized carbons (Fsp3) is 0.0312. The van der Waals surface area contributed by atoms with Gasteiger partial charge in [-0.25, -0.2) is 0 Å². The Morgan fingerprint density at radius 3 is 1.07 bits per heavy atom. The average Bonchev–Trinajstić information content (AvgIpc) is 4.14. The van der Waals surface area contributed by atoms with E-state index in [0.29, 0.717) is 11.5 Å². The summed E-state index contributed by atoms with van der Waals surface area (Å²) in [5, 5.41) is 4.29. The Labute approximate surface area is 421 Å². The third-order valence-electron chi connectivity index (χ3n) is 14.9. The molecule has 342 valence electrons. The van der Waals surface area contributed by atoms with Gasteiger partial charge in [-0.3, -0.25) is 0 Å². The third kappa shape index (κ3) is 5.27. The summed E-state index contributed by atoms with van der Waals surface area (Å²) in [6.07, 6.45) is 0. The SMILES string of the molecule is Cc1cc2c3c(c1)-c1ccc4oc5ccc(cc5c4c1)-c1cc(C)cc(c1N1[C]4=[Pt]=[C]5N(c6[c-]c(ccc6)Oc6[c-]c(ccc6)N4c4ccccc41)c1ccccc1N53)-c1ccc3oc4ccc-2cc4c3c1. The fourth-order valence-corrected chi connectivity index (χ4v) is 15.4.